The van der Waals surface area contributed by atoms with Gasteiger partial charge in [0, 0.05) is 18.5 Å². The third-order valence-electron chi connectivity index (χ3n) is 4.14. The Hall–Kier alpha value is -3.15. The zero-order valence-electron chi connectivity index (χ0n) is 16.1. The highest BCUT2D eigenvalue weighted by molar-refractivity contribution is 5.97. The van der Waals surface area contributed by atoms with Gasteiger partial charge in [-0.2, -0.15) is 0 Å². The Morgan fingerprint density at radius 1 is 0.964 bits per heavy atom. The Kier molecular flexibility index (Phi) is 7.75. The van der Waals surface area contributed by atoms with E-state index in [1.54, 1.807) is 36.4 Å². The fourth-order valence-electron chi connectivity index (χ4n) is 2.76. The summed E-state index contributed by atoms with van der Waals surface area (Å²) in [6.07, 6.45) is 0.833. The van der Waals surface area contributed by atoms with Gasteiger partial charge in [-0.05, 0) is 35.6 Å². The van der Waals surface area contributed by atoms with Crippen LogP contribution in [0.15, 0.2) is 54.6 Å². The molecule has 2 aromatic carbocycles. The minimum Gasteiger partial charge on any atom is -0.481 e. The Bertz CT molecular complexity index is 801. The van der Waals surface area contributed by atoms with Gasteiger partial charge >= 0.3 is 5.97 Å². The van der Waals surface area contributed by atoms with E-state index in [9.17, 15) is 14.4 Å². The van der Waals surface area contributed by atoms with E-state index >= 15 is 0 Å². The summed E-state index contributed by atoms with van der Waals surface area (Å²) >= 11 is 0. The van der Waals surface area contributed by atoms with Crippen molar-refractivity contribution in [2.45, 2.75) is 39.2 Å². The van der Waals surface area contributed by atoms with Gasteiger partial charge in [-0.25, -0.2) is 0 Å². The van der Waals surface area contributed by atoms with Crippen molar-refractivity contribution in [1.29, 1.82) is 0 Å². The van der Waals surface area contributed by atoms with Crippen LogP contribution in [0.5, 0.6) is 0 Å². The van der Waals surface area contributed by atoms with E-state index in [1.165, 1.54) is 0 Å². The molecule has 28 heavy (non-hydrogen) atoms. The Labute approximate surface area is 165 Å². The van der Waals surface area contributed by atoms with Crippen molar-refractivity contribution < 1.29 is 19.5 Å². The molecular formula is C22H26N2O4. The zero-order valence-corrected chi connectivity index (χ0v) is 16.1. The monoisotopic (exact) mass is 382 g/mol. The lowest BCUT2D eigenvalue weighted by molar-refractivity contribution is -0.137. The summed E-state index contributed by atoms with van der Waals surface area (Å²) in [5.74, 6) is -1.16. The number of aryl methyl sites for hydroxylation is 1. The van der Waals surface area contributed by atoms with Crippen molar-refractivity contribution in [1.82, 2.24) is 5.32 Å². The number of carboxylic acid groups (broad SMARTS) is 1. The second-order valence-electron chi connectivity index (χ2n) is 7.09. The summed E-state index contributed by atoms with van der Waals surface area (Å²) in [6, 6.07) is 15.3. The van der Waals surface area contributed by atoms with Gasteiger partial charge in [0.15, 0.2) is 0 Å². The lowest BCUT2D eigenvalue weighted by atomic mass is 10.0. The topological polar surface area (TPSA) is 95.5 Å². The number of rotatable bonds is 9. The third-order valence-corrected chi connectivity index (χ3v) is 4.14. The van der Waals surface area contributed by atoms with Crippen molar-refractivity contribution in [2.75, 3.05) is 5.32 Å². The second kappa shape index (κ2) is 10.3. The number of aliphatic carboxylic acids is 1. The van der Waals surface area contributed by atoms with Gasteiger partial charge in [-0.15, -0.1) is 0 Å². The van der Waals surface area contributed by atoms with Crippen LogP contribution in [0.3, 0.4) is 0 Å². The van der Waals surface area contributed by atoms with Gasteiger partial charge in [0.25, 0.3) is 5.91 Å². The van der Waals surface area contributed by atoms with Crippen molar-refractivity contribution in [2.24, 2.45) is 5.92 Å². The zero-order chi connectivity index (χ0) is 20.5. The van der Waals surface area contributed by atoms with E-state index in [2.05, 4.69) is 10.6 Å². The number of hydrogen-bond acceptors (Lipinski definition) is 3. The molecule has 148 valence electrons. The molecule has 6 heteroatoms. The molecule has 2 amide bonds. The number of benzene rings is 2. The number of carboxylic acids is 1. The number of carbonyl (C=O) groups is 3. The van der Waals surface area contributed by atoms with Crippen LogP contribution < -0.4 is 10.6 Å². The predicted molar refractivity (Wildman–Crippen MR) is 108 cm³/mol. The van der Waals surface area contributed by atoms with Crippen LogP contribution in [0, 0.1) is 5.92 Å². The molecule has 0 aliphatic carbocycles. The third kappa shape index (κ3) is 6.87. The predicted octanol–water partition coefficient (Wildman–Crippen LogP) is 3.55. The maximum atomic E-state index is 12.8. The Morgan fingerprint density at radius 2 is 1.61 bits per heavy atom. The van der Waals surface area contributed by atoms with Crippen LogP contribution in [0.1, 0.15) is 43.9 Å². The van der Waals surface area contributed by atoms with Gasteiger partial charge in [-0.3, -0.25) is 14.4 Å². The van der Waals surface area contributed by atoms with Crippen molar-refractivity contribution in [3.05, 3.63) is 65.7 Å². The average Bonchev–Trinajstić information content (AvgIpc) is 2.65. The molecular weight excluding hydrogens is 356 g/mol. The highest BCUT2D eigenvalue weighted by Gasteiger charge is 2.23. The fraction of sp³-hybridized carbons (Fsp3) is 0.318. The smallest absolute Gasteiger partial charge is 0.303 e. The summed E-state index contributed by atoms with van der Waals surface area (Å²) in [5.41, 5.74) is 2.17. The lowest BCUT2D eigenvalue weighted by Crippen LogP contribution is -2.37. The standard InChI is InChI=1S/C22H26N2O4/c1-15(2)14-19(25)24-21(17-6-4-3-5-7-17)22(28)23-18-11-8-16(9-12-18)10-13-20(26)27/h3-9,11-12,15,21H,10,13-14H2,1-2H3,(H,23,28)(H,24,25)(H,26,27). The number of anilines is 1. The molecule has 0 saturated carbocycles. The molecule has 0 fully saturated rings. The Balaban J connectivity index is 2.09. The molecule has 2 aromatic rings. The number of hydrogen-bond donors (Lipinski definition) is 3. The molecule has 0 aliphatic rings. The molecule has 0 saturated heterocycles. The summed E-state index contributed by atoms with van der Waals surface area (Å²) in [5, 5.41) is 14.4. The second-order valence-corrected chi connectivity index (χ2v) is 7.09. The van der Waals surface area contributed by atoms with Gasteiger partial charge < -0.3 is 15.7 Å². The first-order valence-electron chi connectivity index (χ1n) is 9.31. The normalized spacial score (nSPS) is 11.7. The van der Waals surface area contributed by atoms with E-state index in [1.807, 2.05) is 32.0 Å². The highest BCUT2D eigenvalue weighted by Crippen LogP contribution is 2.18. The molecule has 6 nitrogen and oxygen atoms in total. The van der Waals surface area contributed by atoms with E-state index in [0.717, 1.165) is 5.56 Å². The van der Waals surface area contributed by atoms with Crippen molar-refractivity contribution in [3.8, 4) is 0 Å². The van der Waals surface area contributed by atoms with Crippen molar-refractivity contribution in [3.63, 3.8) is 0 Å². The molecule has 0 radical (unpaired) electrons. The molecule has 0 aromatic heterocycles. The number of amides is 2. The first kappa shape index (κ1) is 21.2. The van der Waals surface area contributed by atoms with Gasteiger partial charge in [0.1, 0.15) is 6.04 Å². The average molecular weight is 382 g/mol. The summed E-state index contributed by atoms with van der Waals surface area (Å²) in [7, 11) is 0. The van der Waals surface area contributed by atoms with Crippen LogP contribution in [0.4, 0.5) is 5.69 Å². The Morgan fingerprint density at radius 3 is 2.18 bits per heavy atom. The summed E-state index contributed by atoms with van der Waals surface area (Å²) < 4.78 is 0. The molecule has 2 rings (SSSR count). The highest BCUT2D eigenvalue weighted by atomic mass is 16.4. The number of carbonyl (C=O) groups excluding carboxylic acids is 2. The first-order chi connectivity index (χ1) is 13.3. The molecule has 0 aliphatic heterocycles. The van der Waals surface area contributed by atoms with Crippen molar-refractivity contribution >= 4 is 23.5 Å². The van der Waals surface area contributed by atoms with Crippen LogP contribution in [0.2, 0.25) is 0 Å². The minimum absolute atomic E-state index is 0.0592. The molecule has 0 bridgehead atoms. The van der Waals surface area contributed by atoms with Gasteiger partial charge in [0.2, 0.25) is 5.91 Å². The molecule has 0 spiro atoms. The molecule has 1 atom stereocenters. The summed E-state index contributed by atoms with van der Waals surface area (Å²) in [4.78, 5) is 35.7. The lowest BCUT2D eigenvalue weighted by Gasteiger charge is -2.19. The first-order valence-corrected chi connectivity index (χ1v) is 9.31. The largest absolute Gasteiger partial charge is 0.481 e. The summed E-state index contributed by atoms with van der Waals surface area (Å²) in [6.45, 7) is 3.90. The van der Waals surface area contributed by atoms with Crippen LogP contribution in [-0.4, -0.2) is 22.9 Å². The van der Waals surface area contributed by atoms with Crippen LogP contribution in [-0.2, 0) is 20.8 Å². The van der Waals surface area contributed by atoms with E-state index in [-0.39, 0.29) is 24.2 Å². The molecule has 0 heterocycles. The van der Waals surface area contributed by atoms with E-state index in [0.29, 0.717) is 24.1 Å². The van der Waals surface area contributed by atoms with Gasteiger partial charge in [0.05, 0.1) is 0 Å². The molecule has 3 N–H and O–H groups in total. The number of nitrogens with one attached hydrogen (secondary N) is 2. The fourth-order valence-corrected chi connectivity index (χ4v) is 2.76. The van der Waals surface area contributed by atoms with Crippen LogP contribution >= 0.6 is 0 Å². The maximum absolute atomic E-state index is 12.8. The van der Waals surface area contributed by atoms with Crippen LogP contribution in [0.25, 0.3) is 0 Å². The quantitative estimate of drug-likeness (QED) is 0.618. The van der Waals surface area contributed by atoms with E-state index in [4.69, 9.17) is 5.11 Å². The maximum Gasteiger partial charge on any atom is 0.303 e. The SMILES string of the molecule is CC(C)CC(=O)NC(C(=O)Nc1ccc(CCC(=O)O)cc1)c1ccccc1. The molecule has 1 unspecified atom stereocenters. The minimum atomic E-state index is -0.847. The van der Waals surface area contributed by atoms with E-state index < -0.39 is 12.0 Å². The van der Waals surface area contributed by atoms with Gasteiger partial charge in [-0.1, -0.05) is 56.3 Å².